The second-order valence-electron chi connectivity index (χ2n) is 7.11. The average molecular weight is 345 g/mol. The van der Waals surface area contributed by atoms with Crippen LogP contribution in [0.4, 0.5) is 5.88 Å². The van der Waals surface area contributed by atoms with Crippen molar-refractivity contribution in [1.29, 1.82) is 5.26 Å². The van der Waals surface area contributed by atoms with Crippen molar-refractivity contribution in [2.75, 3.05) is 31.1 Å². The van der Waals surface area contributed by atoms with Gasteiger partial charge in [-0.3, -0.25) is 9.69 Å². The van der Waals surface area contributed by atoms with Crippen molar-refractivity contribution in [3.63, 3.8) is 0 Å². The predicted octanol–water partition coefficient (Wildman–Crippen LogP) is 1.85. The molecule has 1 amide bonds. The van der Waals surface area contributed by atoms with Crippen LogP contribution < -0.4 is 10.2 Å². The average Bonchev–Trinajstić information content (AvgIpc) is 3.40. The van der Waals surface area contributed by atoms with Crippen LogP contribution in [0, 0.1) is 11.3 Å². The van der Waals surface area contributed by atoms with Crippen LogP contribution >= 0.6 is 0 Å². The molecule has 0 aromatic carbocycles. The highest BCUT2D eigenvalue weighted by molar-refractivity contribution is 5.81. The summed E-state index contributed by atoms with van der Waals surface area (Å²) in [5.41, 5.74) is 0.387. The number of oxazole rings is 1. The second-order valence-corrected chi connectivity index (χ2v) is 7.11. The molecule has 2 fully saturated rings. The molecule has 7 nitrogen and oxygen atoms in total. The molecule has 2 heterocycles. The summed E-state index contributed by atoms with van der Waals surface area (Å²) in [6.45, 7) is 9.03. The van der Waals surface area contributed by atoms with Crippen LogP contribution in [0.2, 0.25) is 0 Å². The monoisotopic (exact) mass is 345 g/mol. The maximum atomic E-state index is 12.3. The van der Waals surface area contributed by atoms with E-state index in [1.54, 1.807) is 0 Å². The maximum Gasteiger partial charge on any atom is 0.237 e. The van der Waals surface area contributed by atoms with E-state index in [2.05, 4.69) is 33.1 Å². The summed E-state index contributed by atoms with van der Waals surface area (Å²) < 4.78 is 5.87. The number of hydrogen-bond donors (Lipinski definition) is 1. The molecule has 1 saturated heterocycles. The second kappa shape index (κ2) is 7.44. The van der Waals surface area contributed by atoms with Crippen molar-refractivity contribution >= 4 is 11.8 Å². The molecule has 0 spiro atoms. The SMILES string of the molecule is CC[C@@H](C)NC(=O)[C@H](C)N1CCN(c2oc(C3CC3)nc2C#N)CC1. The lowest BCUT2D eigenvalue weighted by Crippen LogP contribution is -2.54. The molecule has 3 rings (SSSR count). The molecule has 0 radical (unpaired) electrons. The van der Waals surface area contributed by atoms with Gasteiger partial charge >= 0.3 is 0 Å². The van der Waals surface area contributed by atoms with Crippen molar-refractivity contribution in [3.8, 4) is 6.07 Å². The molecule has 1 saturated carbocycles. The first kappa shape index (κ1) is 17.7. The lowest BCUT2D eigenvalue weighted by atomic mass is 10.2. The molecule has 0 unspecified atom stereocenters. The summed E-state index contributed by atoms with van der Waals surface area (Å²) in [5.74, 6) is 1.78. The van der Waals surface area contributed by atoms with E-state index in [1.807, 2.05) is 13.8 Å². The first-order valence-electron chi connectivity index (χ1n) is 9.23. The first-order valence-corrected chi connectivity index (χ1v) is 9.23. The number of anilines is 1. The summed E-state index contributed by atoms with van der Waals surface area (Å²) in [6, 6.07) is 2.20. The molecule has 7 heteroatoms. The number of hydrogen-bond acceptors (Lipinski definition) is 6. The molecule has 1 aromatic rings. The van der Waals surface area contributed by atoms with Gasteiger partial charge in [-0.2, -0.15) is 5.26 Å². The van der Waals surface area contributed by atoms with Crippen molar-refractivity contribution in [1.82, 2.24) is 15.2 Å². The number of nitrogens with one attached hydrogen (secondary N) is 1. The Hall–Kier alpha value is -2.07. The molecule has 1 aliphatic carbocycles. The lowest BCUT2D eigenvalue weighted by molar-refractivity contribution is -0.126. The molecule has 1 N–H and O–H groups in total. The summed E-state index contributed by atoms with van der Waals surface area (Å²) in [5, 5.41) is 12.4. The number of nitriles is 1. The molecule has 2 atom stereocenters. The van der Waals surface area contributed by atoms with E-state index >= 15 is 0 Å². The topological polar surface area (TPSA) is 85.4 Å². The number of carbonyl (C=O) groups is 1. The van der Waals surface area contributed by atoms with Crippen LogP contribution in [0.15, 0.2) is 4.42 Å². The molecule has 0 bridgehead atoms. The van der Waals surface area contributed by atoms with Gasteiger partial charge in [0.25, 0.3) is 0 Å². The van der Waals surface area contributed by atoms with Crippen molar-refractivity contribution in [2.45, 2.75) is 58.0 Å². The van der Waals surface area contributed by atoms with E-state index in [1.165, 1.54) is 0 Å². The van der Waals surface area contributed by atoms with Crippen LogP contribution in [-0.2, 0) is 4.79 Å². The van der Waals surface area contributed by atoms with E-state index in [-0.39, 0.29) is 18.0 Å². The highest BCUT2D eigenvalue weighted by atomic mass is 16.4. The third-order valence-electron chi connectivity index (χ3n) is 5.19. The molecule has 25 heavy (non-hydrogen) atoms. The largest absolute Gasteiger partial charge is 0.423 e. The molecule has 1 aromatic heterocycles. The summed E-state index contributed by atoms with van der Waals surface area (Å²) >= 11 is 0. The van der Waals surface area contributed by atoms with Crippen molar-refractivity contribution < 1.29 is 9.21 Å². The Morgan fingerprint density at radius 2 is 2.04 bits per heavy atom. The maximum absolute atomic E-state index is 12.3. The van der Waals surface area contributed by atoms with Gasteiger partial charge in [-0.25, -0.2) is 4.98 Å². The molecule has 1 aliphatic heterocycles. The Kier molecular flexibility index (Phi) is 5.28. The highest BCUT2D eigenvalue weighted by Gasteiger charge is 2.33. The number of piperazine rings is 1. The van der Waals surface area contributed by atoms with Crippen molar-refractivity contribution in [2.24, 2.45) is 0 Å². The number of amides is 1. The van der Waals surface area contributed by atoms with Gasteiger partial charge in [0, 0.05) is 38.1 Å². The van der Waals surface area contributed by atoms with Gasteiger partial charge < -0.3 is 14.6 Å². The summed E-state index contributed by atoms with van der Waals surface area (Å²) in [7, 11) is 0. The Bertz CT molecular complexity index is 653. The van der Waals surface area contributed by atoms with Crippen LogP contribution in [0.25, 0.3) is 0 Å². The minimum absolute atomic E-state index is 0.0798. The highest BCUT2D eigenvalue weighted by Crippen LogP contribution is 2.41. The Morgan fingerprint density at radius 3 is 2.60 bits per heavy atom. The van der Waals surface area contributed by atoms with E-state index in [4.69, 9.17) is 4.42 Å². The zero-order chi connectivity index (χ0) is 18.0. The fourth-order valence-electron chi connectivity index (χ4n) is 3.06. The van der Waals surface area contributed by atoms with Crippen LogP contribution in [0.1, 0.15) is 57.5 Å². The number of carbonyl (C=O) groups excluding carboxylic acids is 1. The first-order chi connectivity index (χ1) is 12.0. The quantitative estimate of drug-likeness (QED) is 0.847. The Balaban J connectivity index is 1.58. The van der Waals surface area contributed by atoms with Gasteiger partial charge in [-0.15, -0.1) is 0 Å². The number of rotatable bonds is 6. The van der Waals surface area contributed by atoms with Gasteiger partial charge in [-0.1, -0.05) is 6.92 Å². The van der Waals surface area contributed by atoms with Crippen LogP contribution in [-0.4, -0.2) is 54.1 Å². The lowest BCUT2D eigenvalue weighted by Gasteiger charge is -2.37. The molecular weight excluding hydrogens is 318 g/mol. The third kappa shape index (κ3) is 3.96. The minimum Gasteiger partial charge on any atom is -0.423 e. The van der Waals surface area contributed by atoms with E-state index in [9.17, 15) is 10.1 Å². The molecule has 136 valence electrons. The standard InChI is InChI=1S/C18H27N5O2/c1-4-12(2)20-16(24)13(3)22-7-9-23(10-8-22)18-15(11-19)21-17(25-18)14-5-6-14/h12-14H,4-10H2,1-3H3,(H,20,24)/t12-,13+/m1/s1. The van der Waals surface area contributed by atoms with E-state index in [0.717, 1.165) is 45.4 Å². The smallest absolute Gasteiger partial charge is 0.237 e. The fourth-order valence-corrected chi connectivity index (χ4v) is 3.06. The van der Waals surface area contributed by atoms with E-state index < -0.39 is 0 Å². The van der Waals surface area contributed by atoms with Crippen LogP contribution in [0.3, 0.4) is 0 Å². The Labute approximate surface area is 149 Å². The minimum atomic E-state index is -0.150. The molecule has 2 aliphatic rings. The van der Waals surface area contributed by atoms with Gasteiger partial charge in [0.15, 0.2) is 0 Å². The number of aromatic nitrogens is 1. The zero-order valence-electron chi connectivity index (χ0n) is 15.3. The summed E-state index contributed by atoms with van der Waals surface area (Å²) in [4.78, 5) is 20.9. The fraction of sp³-hybridized carbons (Fsp3) is 0.722. The predicted molar refractivity (Wildman–Crippen MR) is 94.3 cm³/mol. The van der Waals surface area contributed by atoms with Gasteiger partial charge in [0.2, 0.25) is 23.4 Å². The van der Waals surface area contributed by atoms with Gasteiger partial charge in [-0.05, 0) is 33.1 Å². The van der Waals surface area contributed by atoms with Crippen LogP contribution in [0.5, 0.6) is 0 Å². The third-order valence-corrected chi connectivity index (χ3v) is 5.19. The molecular formula is C18H27N5O2. The Morgan fingerprint density at radius 1 is 1.36 bits per heavy atom. The van der Waals surface area contributed by atoms with Gasteiger partial charge in [0.05, 0.1) is 6.04 Å². The van der Waals surface area contributed by atoms with Gasteiger partial charge in [0.1, 0.15) is 6.07 Å². The van der Waals surface area contributed by atoms with E-state index in [0.29, 0.717) is 23.4 Å². The number of nitrogens with zero attached hydrogens (tertiary/aromatic N) is 4. The summed E-state index contributed by atoms with van der Waals surface area (Å²) in [6.07, 6.45) is 3.13. The zero-order valence-corrected chi connectivity index (χ0v) is 15.3. The normalized spacial score (nSPS) is 20.8. The van der Waals surface area contributed by atoms with Crippen molar-refractivity contribution in [3.05, 3.63) is 11.6 Å².